The monoisotopic (exact) mass is 333 g/mol. The summed E-state index contributed by atoms with van der Waals surface area (Å²) in [6, 6.07) is 0. The molecule has 0 unspecified atom stereocenters. The average molecular weight is 333 g/mol. The number of aryl methyl sites for hydroxylation is 1. The zero-order chi connectivity index (χ0) is 16.4. The van der Waals surface area contributed by atoms with Gasteiger partial charge in [-0.1, -0.05) is 0 Å². The number of esters is 1. The van der Waals surface area contributed by atoms with E-state index in [1.807, 2.05) is 12.3 Å². The molecular weight excluding hydrogens is 314 g/mol. The average Bonchev–Trinajstić information content (AvgIpc) is 3.12. The summed E-state index contributed by atoms with van der Waals surface area (Å²) in [6.45, 7) is 4.74. The third-order valence-electron chi connectivity index (χ3n) is 3.76. The van der Waals surface area contributed by atoms with Gasteiger partial charge in [0.2, 0.25) is 0 Å². The molecule has 23 heavy (non-hydrogen) atoms. The van der Waals surface area contributed by atoms with Crippen LogP contribution in [0.25, 0.3) is 0 Å². The van der Waals surface area contributed by atoms with Crippen LogP contribution in [-0.4, -0.2) is 28.3 Å². The first-order valence-corrected chi connectivity index (χ1v) is 8.64. The van der Waals surface area contributed by atoms with E-state index >= 15 is 0 Å². The zero-order valence-electron chi connectivity index (χ0n) is 13.2. The molecule has 1 saturated carbocycles. The summed E-state index contributed by atoms with van der Waals surface area (Å²) in [6.07, 6.45) is 5.38. The third-order valence-corrected chi connectivity index (χ3v) is 4.68. The van der Waals surface area contributed by atoms with Crippen molar-refractivity contribution in [2.75, 3.05) is 11.9 Å². The van der Waals surface area contributed by atoms with Gasteiger partial charge in [0.15, 0.2) is 0 Å². The SMILES string of the molecule is CCOC(=O)c1c(C2CC2)csc1NC(=O)c1cnn(CC)c1. The summed E-state index contributed by atoms with van der Waals surface area (Å²) >= 11 is 1.37. The fourth-order valence-corrected chi connectivity index (χ4v) is 3.43. The van der Waals surface area contributed by atoms with E-state index in [0.29, 0.717) is 35.2 Å². The number of anilines is 1. The van der Waals surface area contributed by atoms with E-state index in [1.54, 1.807) is 17.8 Å². The molecule has 7 heteroatoms. The Kier molecular flexibility index (Phi) is 4.47. The van der Waals surface area contributed by atoms with E-state index in [1.165, 1.54) is 17.5 Å². The summed E-state index contributed by atoms with van der Waals surface area (Å²) in [7, 11) is 0. The lowest BCUT2D eigenvalue weighted by atomic mass is 10.1. The minimum Gasteiger partial charge on any atom is -0.462 e. The molecule has 0 atom stereocenters. The smallest absolute Gasteiger partial charge is 0.341 e. The number of carbonyl (C=O) groups excluding carboxylic acids is 2. The van der Waals surface area contributed by atoms with Crippen LogP contribution < -0.4 is 5.32 Å². The van der Waals surface area contributed by atoms with Crippen molar-refractivity contribution in [3.05, 3.63) is 34.5 Å². The Hall–Kier alpha value is -2.15. The maximum Gasteiger partial charge on any atom is 0.341 e. The van der Waals surface area contributed by atoms with Crippen LogP contribution in [0.1, 0.15) is 58.9 Å². The number of nitrogens with zero attached hydrogens (tertiary/aromatic N) is 2. The van der Waals surface area contributed by atoms with Crippen LogP contribution in [0.2, 0.25) is 0 Å². The standard InChI is InChI=1S/C16H19N3O3S/c1-3-19-8-11(7-17-19)14(20)18-15-13(16(21)22-4-2)12(9-23-15)10-5-6-10/h7-10H,3-6H2,1-2H3,(H,18,20). The molecule has 0 spiro atoms. The van der Waals surface area contributed by atoms with Gasteiger partial charge in [-0.05, 0) is 43.6 Å². The normalized spacial score (nSPS) is 13.8. The Labute approximate surface area is 138 Å². The molecule has 2 heterocycles. The molecule has 1 N–H and O–H groups in total. The number of aromatic nitrogens is 2. The number of carbonyl (C=O) groups is 2. The van der Waals surface area contributed by atoms with Gasteiger partial charge in [-0.15, -0.1) is 11.3 Å². The quantitative estimate of drug-likeness (QED) is 0.824. The van der Waals surface area contributed by atoms with Crippen LogP contribution in [0.3, 0.4) is 0 Å². The Morgan fingerprint density at radius 3 is 2.83 bits per heavy atom. The van der Waals surface area contributed by atoms with Crippen LogP contribution in [0.4, 0.5) is 5.00 Å². The fraction of sp³-hybridized carbons (Fsp3) is 0.438. The molecular formula is C16H19N3O3S. The molecule has 1 aliphatic rings. The molecule has 1 aliphatic carbocycles. The van der Waals surface area contributed by atoms with E-state index in [2.05, 4.69) is 10.4 Å². The van der Waals surface area contributed by atoms with Gasteiger partial charge in [-0.2, -0.15) is 5.10 Å². The number of hydrogen-bond acceptors (Lipinski definition) is 5. The summed E-state index contributed by atoms with van der Waals surface area (Å²) in [5.41, 5.74) is 1.98. The van der Waals surface area contributed by atoms with Gasteiger partial charge in [0, 0.05) is 12.7 Å². The lowest BCUT2D eigenvalue weighted by Gasteiger charge is -2.07. The van der Waals surface area contributed by atoms with Gasteiger partial charge in [-0.25, -0.2) is 4.79 Å². The molecule has 2 aromatic heterocycles. The Balaban J connectivity index is 1.84. The van der Waals surface area contributed by atoms with E-state index in [0.717, 1.165) is 18.4 Å². The van der Waals surface area contributed by atoms with E-state index in [9.17, 15) is 9.59 Å². The predicted molar refractivity (Wildman–Crippen MR) is 88.1 cm³/mol. The van der Waals surface area contributed by atoms with Crippen molar-refractivity contribution in [3.8, 4) is 0 Å². The van der Waals surface area contributed by atoms with E-state index < -0.39 is 0 Å². The van der Waals surface area contributed by atoms with Crippen molar-refractivity contribution >= 4 is 28.2 Å². The van der Waals surface area contributed by atoms with Gasteiger partial charge >= 0.3 is 5.97 Å². The minimum atomic E-state index is -0.366. The molecule has 1 fully saturated rings. The topological polar surface area (TPSA) is 73.2 Å². The van der Waals surface area contributed by atoms with Crippen LogP contribution in [-0.2, 0) is 11.3 Å². The second kappa shape index (κ2) is 6.54. The van der Waals surface area contributed by atoms with Crippen molar-refractivity contribution < 1.29 is 14.3 Å². The molecule has 122 valence electrons. The highest BCUT2D eigenvalue weighted by atomic mass is 32.1. The van der Waals surface area contributed by atoms with Crippen LogP contribution >= 0.6 is 11.3 Å². The van der Waals surface area contributed by atoms with E-state index in [-0.39, 0.29) is 11.9 Å². The van der Waals surface area contributed by atoms with Crippen molar-refractivity contribution in [1.82, 2.24) is 9.78 Å². The Morgan fingerprint density at radius 2 is 2.22 bits per heavy atom. The maximum absolute atomic E-state index is 12.4. The number of rotatable bonds is 6. The predicted octanol–water partition coefficient (Wildman–Crippen LogP) is 3.27. The lowest BCUT2D eigenvalue weighted by molar-refractivity contribution is 0.0527. The number of nitrogens with one attached hydrogen (secondary N) is 1. The molecule has 0 aromatic carbocycles. The third kappa shape index (κ3) is 3.29. The van der Waals surface area contributed by atoms with Gasteiger partial charge < -0.3 is 10.1 Å². The number of amides is 1. The zero-order valence-corrected chi connectivity index (χ0v) is 14.0. The highest BCUT2D eigenvalue weighted by Gasteiger charge is 2.32. The molecule has 1 amide bonds. The van der Waals surface area contributed by atoms with Crippen molar-refractivity contribution in [3.63, 3.8) is 0 Å². The summed E-state index contributed by atoms with van der Waals surface area (Å²) < 4.78 is 6.84. The summed E-state index contributed by atoms with van der Waals surface area (Å²) in [5, 5.41) is 9.44. The second-order valence-electron chi connectivity index (χ2n) is 5.43. The highest BCUT2D eigenvalue weighted by Crippen LogP contribution is 2.46. The molecule has 6 nitrogen and oxygen atoms in total. The molecule has 0 aliphatic heterocycles. The largest absolute Gasteiger partial charge is 0.462 e. The van der Waals surface area contributed by atoms with Crippen LogP contribution in [0.5, 0.6) is 0 Å². The lowest BCUT2D eigenvalue weighted by Crippen LogP contribution is -2.14. The fourth-order valence-electron chi connectivity index (χ4n) is 2.40. The second-order valence-corrected chi connectivity index (χ2v) is 6.31. The molecule has 0 bridgehead atoms. The summed E-state index contributed by atoms with van der Waals surface area (Å²) in [4.78, 5) is 24.6. The Bertz CT molecular complexity index is 731. The van der Waals surface area contributed by atoms with Gasteiger partial charge in [0.25, 0.3) is 5.91 Å². The first-order chi connectivity index (χ1) is 11.1. The van der Waals surface area contributed by atoms with Crippen molar-refractivity contribution in [2.24, 2.45) is 0 Å². The summed E-state index contributed by atoms with van der Waals surface area (Å²) in [5.74, 6) is -0.214. The first-order valence-electron chi connectivity index (χ1n) is 7.76. The number of thiophene rings is 1. The highest BCUT2D eigenvalue weighted by molar-refractivity contribution is 7.15. The molecule has 3 rings (SSSR count). The molecule has 0 radical (unpaired) electrons. The van der Waals surface area contributed by atoms with Crippen molar-refractivity contribution in [2.45, 2.75) is 39.2 Å². The van der Waals surface area contributed by atoms with Crippen LogP contribution in [0, 0.1) is 0 Å². The number of hydrogen-bond donors (Lipinski definition) is 1. The first kappa shape index (κ1) is 15.7. The van der Waals surface area contributed by atoms with Gasteiger partial charge in [0.05, 0.1) is 23.9 Å². The van der Waals surface area contributed by atoms with Gasteiger partial charge in [0.1, 0.15) is 5.00 Å². The van der Waals surface area contributed by atoms with Crippen molar-refractivity contribution in [1.29, 1.82) is 0 Å². The maximum atomic E-state index is 12.4. The minimum absolute atomic E-state index is 0.264. The number of ether oxygens (including phenoxy) is 1. The molecule has 2 aromatic rings. The molecule has 0 saturated heterocycles. The van der Waals surface area contributed by atoms with E-state index in [4.69, 9.17) is 4.74 Å². The van der Waals surface area contributed by atoms with Crippen LogP contribution in [0.15, 0.2) is 17.8 Å². The van der Waals surface area contributed by atoms with Gasteiger partial charge in [-0.3, -0.25) is 9.48 Å². The Morgan fingerprint density at radius 1 is 1.43 bits per heavy atom.